The van der Waals surface area contributed by atoms with Gasteiger partial charge in [0.05, 0.1) is 13.2 Å². The van der Waals surface area contributed by atoms with E-state index < -0.39 is 5.60 Å². The van der Waals surface area contributed by atoms with Crippen molar-refractivity contribution in [2.45, 2.75) is 24.5 Å². The van der Waals surface area contributed by atoms with Crippen molar-refractivity contribution in [2.24, 2.45) is 0 Å². The van der Waals surface area contributed by atoms with Gasteiger partial charge in [0.15, 0.2) is 0 Å². The lowest BCUT2D eigenvalue weighted by Crippen LogP contribution is -2.41. The van der Waals surface area contributed by atoms with Crippen LogP contribution in [0.2, 0.25) is 0 Å². The van der Waals surface area contributed by atoms with Gasteiger partial charge in [0.25, 0.3) is 0 Å². The van der Waals surface area contributed by atoms with Gasteiger partial charge in [0.2, 0.25) is 0 Å². The van der Waals surface area contributed by atoms with Crippen LogP contribution in [0.5, 0.6) is 0 Å². The number of benzene rings is 3. The van der Waals surface area contributed by atoms with E-state index in [9.17, 15) is 10.2 Å². The normalized spacial score (nSPS) is 14.4. The predicted octanol–water partition coefficient (Wildman–Crippen LogP) is 5.02. The molecule has 3 rings (SSSR count). The Morgan fingerprint density at radius 1 is 0.821 bits per heavy atom. The smallest absolute Gasteiger partial charge is 0.123 e. The molecule has 0 aromatic heterocycles. The van der Waals surface area contributed by atoms with E-state index in [0.717, 1.165) is 21.2 Å². The summed E-state index contributed by atoms with van der Waals surface area (Å²) in [6, 6.07) is 27.7. The highest BCUT2D eigenvalue weighted by Crippen LogP contribution is 2.43. The third kappa shape index (κ3) is 4.70. The zero-order valence-electron chi connectivity index (χ0n) is 15.7. The van der Waals surface area contributed by atoms with E-state index in [1.54, 1.807) is 0 Å². The van der Waals surface area contributed by atoms with Crippen LogP contribution in [0.3, 0.4) is 0 Å². The monoisotopic (exact) mass is 440 g/mol. The molecule has 3 aromatic rings. The predicted molar refractivity (Wildman–Crippen MR) is 115 cm³/mol. The van der Waals surface area contributed by atoms with Crippen LogP contribution in [0.15, 0.2) is 89.4 Å². The van der Waals surface area contributed by atoms with E-state index in [1.165, 1.54) is 0 Å². The average molecular weight is 441 g/mol. The minimum absolute atomic E-state index is 0.00648. The lowest BCUT2D eigenvalue weighted by molar-refractivity contribution is -0.116. The van der Waals surface area contributed by atoms with Crippen molar-refractivity contribution in [1.29, 1.82) is 0 Å². The summed E-state index contributed by atoms with van der Waals surface area (Å²) in [7, 11) is 0. The van der Waals surface area contributed by atoms with Gasteiger partial charge in [-0.05, 0) is 35.2 Å². The third-order valence-corrected chi connectivity index (χ3v) is 5.62. The topological polar surface area (TPSA) is 49.7 Å². The van der Waals surface area contributed by atoms with Gasteiger partial charge in [0.1, 0.15) is 5.60 Å². The Labute approximate surface area is 174 Å². The quantitative estimate of drug-likeness (QED) is 0.490. The van der Waals surface area contributed by atoms with E-state index in [2.05, 4.69) is 15.9 Å². The summed E-state index contributed by atoms with van der Waals surface area (Å²) in [6.45, 7) is 0.180. The van der Waals surface area contributed by atoms with Crippen LogP contribution >= 0.6 is 15.9 Å². The summed E-state index contributed by atoms with van der Waals surface area (Å²) in [5.74, 6) is -0.200. The Morgan fingerprint density at radius 2 is 1.43 bits per heavy atom. The molecule has 146 valence electrons. The molecular weight excluding hydrogens is 416 g/mol. The molecule has 4 heteroatoms. The van der Waals surface area contributed by atoms with Crippen LogP contribution < -0.4 is 0 Å². The highest BCUT2D eigenvalue weighted by atomic mass is 79.9. The first-order valence-electron chi connectivity index (χ1n) is 9.40. The highest BCUT2D eigenvalue weighted by molar-refractivity contribution is 9.10. The zero-order chi connectivity index (χ0) is 19.8. The molecule has 0 saturated heterocycles. The fourth-order valence-electron chi connectivity index (χ4n) is 3.63. The fraction of sp³-hybridized carbons (Fsp3) is 0.250. The zero-order valence-corrected chi connectivity index (χ0v) is 17.3. The van der Waals surface area contributed by atoms with Gasteiger partial charge >= 0.3 is 0 Å². The van der Waals surface area contributed by atoms with Gasteiger partial charge in [-0.3, -0.25) is 0 Å². The molecule has 0 aliphatic heterocycles. The second kappa shape index (κ2) is 9.99. The van der Waals surface area contributed by atoms with E-state index in [0.29, 0.717) is 13.0 Å². The SMILES string of the molecule is OCC[C@@H](c1ccccc1)[C@](CO)(OCc1ccccc1)c1ccc(Br)cc1. The first kappa shape index (κ1) is 20.7. The molecule has 2 atom stereocenters. The molecule has 28 heavy (non-hydrogen) atoms. The number of hydrogen-bond donors (Lipinski definition) is 2. The summed E-state index contributed by atoms with van der Waals surface area (Å²) in [4.78, 5) is 0. The standard InChI is InChI=1S/C24H25BrO3/c25-22-13-11-21(12-14-22)24(18-27,28-17-19-7-3-1-4-8-19)23(15-16-26)20-9-5-2-6-10-20/h1-14,23,26-27H,15-18H2/t23-,24+/m0/s1. The van der Waals surface area contributed by atoms with Gasteiger partial charge in [-0.15, -0.1) is 0 Å². The Morgan fingerprint density at radius 3 is 2.00 bits per heavy atom. The fourth-order valence-corrected chi connectivity index (χ4v) is 3.90. The molecule has 3 nitrogen and oxygen atoms in total. The minimum Gasteiger partial charge on any atom is -0.396 e. The first-order valence-corrected chi connectivity index (χ1v) is 10.2. The molecular formula is C24H25BrO3. The number of ether oxygens (including phenoxy) is 1. The van der Waals surface area contributed by atoms with Crippen molar-refractivity contribution in [3.63, 3.8) is 0 Å². The molecule has 0 unspecified atom stereocenters. The van der Waals surface area contributed by atoms with Crippen molar-refractivity contribution >= 4 is 15.9 Å². The van der Waals surface area contributed by atoms with Crippen LogP contribution in [0.25, 0.3) is 0 Å². The maximum Gasteiger partial charge on any atom is 0.123 e. The van der Waals surface area contributed by atoms with Gasteiger partial charge < -0.3 is 14.9 Å². The summed E-state index contributed by atoms with van der Waals surface area (Å²) >= 11 is 3.48. The van der Waals surface area contributed by atoms with Gasteiger partial charge in [-0.25, -0.2) is 0 Å². The summed E-state index contributed by atoms with van der Waals surface area (Å²) < 4.78 is 7.45. The molecule has 0 amide bonds. The van der Waals surface area contributed by atoms with Crippen molar-refractivity contribution in [3.05, 3.63) is 106 Å². The second-order valence-corrected chi connectivity index (χ2v) is 7.72. The Balaban J connectivity index is 2.06. The van der Waals surface area contributed by atoms with Crippen molar-refractivity contribution in [1.82, 2.24) is 0 Å². The van der Waals surface area contributed by atoms with Crippen LogP contribution in [0.1, 0.15) is 29.0 Å². The van der Waals surface area contributed by atoms with E-state index in [1.807, 2.05) is 84.9 Å². The summed E-state index contributed by atoms with van der Waals surface area (Å²) in [5.41, 5.74) is 1.98. The molecule has 0 bridgehead atoms. The highest BCUT2D eigenvalue weighted by Gasteiger charge is 2.42. The van der Waals surface area contributed by atoms with Crippen LogP contribution in [-0.2, 0) is 16.9 Å². The number of hydrogen-bond acceptors (Lipinski definition) is 3. The molecule has 0 radical (unpaired) electrons. The summed E-state index contributed by atoms with van der Waals surface area (Å²) in [5, 5.41) is 20.4. The van der Waals surface area contributed by atoms with Crippen LogP contribution in [0.4, 0.5) is 0 Å². The number of rotatable bonds is 9. The Bertz CT molecular complexity index is 837. The Hall–Kier alpha value is -1.98. The second-order valence-electron chi connectivity index (χ2n) is 6.80. The number of aliphatic hydroxyl groups is 2. The molecule has 0 heterocycles. The molecule has 0 saturated carbocycles. The van der Waals surface area contributed by atoms with Gasteiger partial charge in [-0.2, -0.15) is 0 Å². The van der Waals surface area contributed by atoms with E-state index in [-0.39, 0.29) is 19.1 Å². The van der Waals surface area contributed by atoms with Crippen molar-refractivity contribution < 1.29 is 14.9 Å². The number of aliphatic hydroxyl groups excluding tert-OH is 2. The van der Waals surface area contributed by atoms with Crippen molar-refractivity contribution in [3.8, 4) is 0 Å². The van der Waals surface area contributed by atoms with E-state index in [4.69, 9.17) is 4.74 Å². The van der Waals surface area contributed by atoms with Gasteiger partial charge in [-0.1, -0.05) is 88.7 Å². The summed E-state index contributed by atoms with van der Waals surface area (Å²) in [6.07, 6.45) is 0.482. The minimum atomic E-state index is -0.972. The lowest BCUT2D eigenvalue weighted by atomic mass is 9.75. The maximum absolute atomic E-state index is 10.6. The average Bonchev–Trinajstić information content (AvgIpc) is 2.76. The van der Waals surface area contributed by atoms with Crippen LogP contribution in [-0.4, -0.2) is 23.4 Å². The molecule has 0 fully saturated rings. The molecule has 3 aromatic carbocycles. The third-order valence-electron chi connectivity index (χ3n) is 5.09. The Kier molecular flexibility index (Phi) is 7.40. The molecule has 0 aliphatic rings. The largest absolute Gasteiger partial charge is 0.396 e. The molecule has 2 N–H and O–H groups in total. The van der Waals surface area contributed by atoms with E-state index >= 15 is 0 Å². The van der Waals surface area contributed by atoms with Gasteiger partial charge in [0, 0.05) is 17.0 Å². The van der Waals surface area contributed by atoms with Crippen LogP contribution in [0, 0.1) is 0 Å². The lowest BCUT2D eigenvalue weighted by Gasteiger charge is -2.40. The first-order chi connectivity index (χ1) is 13.7. The maximum atomic E-state index is 10.6. The number of halogens is 1. The molecule has 0 aliphatic carbocycles. The van der Waals surface area contributed by atoms with Crippen molar-refractivity contribution in [2.75, 3.05) is 13.2 Å². The molecule has 0 spiro atoms.